The van der Waals surface area contributed by atoms with Gasteiger partial charge in [0.05, 0.1) is 11.6 Å². The lowest BCUT2D eigenvalue weighted by Gasteiger charge is -2.36. The number of ether oxygens (including phenoxy) is 1. The zero-order valence-electron chi connectivity index (χ0n) is 19.7. The van der Waals surface area contributed by atoms with E-state index in [1.165, 1.54) is 0 Å². The molecular weight excluding hydrogens is 418 g/mol. The van der Waals surface area contributed by atoms with Gasteiger partial charge in [-0.05, 0) is 42.8 Å². The summed E-state index contributed by atoms with van der Waals surface area (Å²) in [4.78, 5) is 29.4. The number of amides is 2. The third-order valence-electron chi connectivity index (χ3n) is 6.73. The molecular formula is C25H33N5O3. The molecule has 1 N–H and O–H groups in total. The van der Waals surface area contributed by atoms with E-state index in [2.05, 4.69) is 22.4 Å². The van der Waals surface area contributed by atoms with Gasteiger partial charge in [-0.25, -0.2) is 0 Å². The molecule has 8 nitrogen and oxygen atoms in total. The Kier molecular flexibility index (Phi) is 6.93. The predicted molar refractivity (Wildman–Crippen MR) is 126 cm³/mol. The predicted octanol–water partition coefficient (Wildman–Crippen LogP) is 3.17. The van der Waals surface area contributed by atoms with Gasteiger partial charge < -0.3 is 15.0 Å². The lowest BCUT2D eigenvalue weighted by atomic mass is 9.87. The highest BCUT2D eigenvalue weighted by Crippen LogP contribution is 2.30. The van der Waals surface area contributed by atoms with Crippen molar-refractivity contribution in [1.82, 2.24) is 20.4 Å². The Labute approximate surface area is 195 Å². The molecule has 4 rings (SSSR count). The number of nitrogens with zero attached hydrogens (tertiary/aromatic N) is 4. The van der Waals surface area contributed by atoms with Gasteiger partial charge in [0.1, 0.15) is 11.9 Å². The van der Waals surface area contributed by atoms with Gasteiger partial charge in [0.2, 0.25) is 11.8 Å². The van der Waals surface area contributed by atoms with Crippen LogP contribution >= 0.6 is 0 Å². The number of rotatable bonds is 7. The van der Waals surface area contributed by atoms with E-state index in [1.54, 1.807) is 23.2 Å². The third kappa shape index (κ3) is 5.16. The molecule has 2 aliphatic rings. The molecule has 1 aromatic carbocycles. The van der Waals surface area contributed by atoms with Crippen molar-refractivity contribution in [3.63, 3.8) is 0 Å². The molecule has 176 valence electrons. The Bertz CT molecular complexity index is 952. The van der Waals surface area contributed by atoms with Crippen LogP contribution < -0.4 is 15.0 Å². The van der Waals surface area contributed by atoms with Gasteiger partial charge >= 0.3 is 0 Å². The summed E-state index contributed by atoms with van der Waals surface area (Å²) in [6.07, 6.45) is 4.12. The topological polar surface area (TPSA) is 87.7 Å². The van der Waals surface area contributed by atoms with Gasteiger partial charge in [-0.1, -0.05) is 20.8 Å². The average molecular weight is 452 g/mol. The number of anilines is 2. The first-order valence-corrected chi connectivity index (χ1v) is 11.8. The summed E-state index contributed by atoms with van der Waals surface area (Å²) in [5.41, 5.74) is 0.424. The Morgan fingerprint density at radius 3 is 2.39 bits per heavy atom. The van der Waals surface area contributed by atoms with Crippen molar-refractivity contribution in [1.29, 1.82) is 0 Å². The largest absolute Gasteiger partial charge is 0.490 e. The molecule has 2 aliphatic heterocycles. The van der Waals surface area contributed by atoms with Gasteiger partial charge in [0.15, 0.2) is 5.82 Å². The van der Waals surface area contributed by atoms with Gasteiger partial charge in [0.25, 0.3) is 0 Å². The van der Waals surface area contributed by atoms with Gasteiger partial charge in [-0.2, -0.15) is 5.10 Å². The molecule has 2 aromatic rings. The highest BCUT2D eigenvalue weighted by Gasteiger charge is 2.34. The zero-order chi connectivity index (χ0) is 23.4. The standard InChI is InChI=1S/C25H33N5O3/c1-4-25(2,3)24(32)29-14-11-21(12-15-29)33-20-9-7-19(8-10-20)30(22-6-5-13-27-28-22)23(31)18-16-26-17-18/h5-10,13,18,21,26H,4,11-12,14-17H2,1-3H3. The fourth-order valence-electron chi connectivity index (χ4n) is 4.05. The summed E-state index contributed by atoms with van der Waals surface area (Å²) in [5, 5.41) is 11.2. The summed E-state index contributed by atoms with van der Waals surface area (Å²) < 4.78 is 6.20. The Hall–Kier alpha value is -3.00. The second kappa shape index (κ2) is 9.87. The molecule has 2 amide bonds. The van der Waals surface area contributed by atoms with Crippen LogP contribution in [0.3, 0.4) is 0 Å². The molecule has 0 unspecified atom stereocenters. The first-order chi connectivity index (χ1) is 15.9. The van der Waals surface area contributed by atoms with Crippen molar-refractivity contribution in [2.75, 3.05) is 31.1 Å². The highest BCUT2D eigenvalue weighted by atomic mass is 16.5. The fraction of sp³-hybridized carbons (Fsp3) is 0.520. The number of piperidine rings is 1. The summed E-state index contributed by atoms with van der Waals surface area (Å²) in [7, 11) is 0. The van der Waals surface area contributed by atoms with Crippen LogP contribution in [-0.2, 0) is 9.59 Å². The summed E-state index contributed by atoms with van der Waals surface area (Å²) in [5.74, 6) is 1.44. The number of carbonyl (C=O) groups excluding carboxylic acids is 2. The smallest absolute Gasteiger partial charge is 0.238 e. The van der Waals surface area contributed by atoms with Crippen LogP contribution in [0.15, 0.2) is 42.6 Å². The number of carbonyl (C=O) groups is 2. The van der Waals surface area contributed by atoms with Crippen molar-refractivity contribution in [3.8, 4) is 5.75 Å². The Morgan fingerprint density at radius 1 is 1.15 bits per heavy atom. The summed E-state index contributed by atoms with van der Waals surface area (Å²) >= 11 is 0. The molecule has 1 aromatic heterocycles. The van der Waals surface area contributed by atoms with Crippen molar-refractivity contribution < 1.29 is 14.3 Å². The van der Waals surface area contributed by atoms with E-state index in [0.29, 0.717) is 18.9 Å². The van der Waals surface area contributed by atoms with Crippen molar-refractivity contribution in [2.45, 2.75) is 46.1 Å². The average Bonchev–Trinajstić information content (AvgIpc) is 2.80. The quantitative estimate of drug-likeness (QED) is 0.696. The van der Waals surface area contributed by atoms with E-state index >= 15 is 0 Å². The molecule has 0 radical (unpaired) electrons. The maximum absolute atomic E-state index is 13.1. The van der Waals surface area contributed by atoms with E-state index in [1.807, 2.05) is 43.0 Å². The monoisotopic (exact) mass is 451 g/mol. The minimum absolute atomic E-state index is 0.00922. The number of likely N-dealkylation sites (tertiary alicyclic amines) is 1. The summed E-state index contributed by atoms with van der Waals surface area (Å²) in [6, 6.07) is 11.1. The van der Waals surface area contributed by atoms with Crippen LogP contribution in [-0.4, -0.2) is 59.2 Å². The first-order valence-electron chi connectivity index (χ1n) is 11.8. The maximum atomic E-state index is 13.1. The molecule has 0 atom stereocenters. The number of nitrogens with one attached hydrogen (secondary N) is 1. The van der Waals surface area contributed by atoms with Crippen molar-refractivity contribution in [2.24, 2.45) is 11.3 Å². The molecule has 33 heavy (non-hydrogen) atoms. The molecule has 3 heterocycles. The molecule has 0 bridgehead atoms. The summed E-state index contributed by atoms with van der Waals surface area (Å²) in [6.45, 7) is 8.86. The number of hydrogen-bond donors (Lipinski definition) is 1. The molecule has 0 spiro atoms. The third-order valence-corrected chi connectivity index (χ3v) is 6.73. The van der Waals surface area contributed by atoms with Crippen LogP contribution in [0, 0.1) is 11.3 Å². The molecule has 2 saturated heterocycles. The molecule has 8 heteroatoms. The molecule has 2 fully saturated rings. The number of aromatic nitrogens is 2. The van der Waals surface area contributed by atoms with E-state index < -0.39 is 0 Å². The van der Waals surface area contributed by atoms with Crippen molar-refractivity contribution >= 4 is 23.3 Å². The Balaban J connectivity index is 1.40. The van der Waals surface area contributed by atoms with E-state index in [0.717, 1.165) is 43.8 Å². The van der Waals surface area contributed by atoms with Gasteiger partial charge in [-0.3, -0.25) is 14.5 Å². The molecule has 0 saturated carbocycles. The maximum Gasteiger partial charge on any atom is 0.238 e. The minimum atomic E-state index is -0.314. The van der Waals surface area contributed by atoms with Gasteiger partial charge in [0, 0.05) is 50.6 Å². The van der Waals surface area contributed by atoms with Crippen LogP contribution in [0.1, 0.15) is 40.0 Å². The van der Waals surface area contributed by atoms with Crippen LogP contribution in [0.2, 0.25) is 0 Å². The Morgan fingerprint density at radius 2 is 1.85 bits per heavy atom. The van der Waals surface area contributed by atoms with Crippen LogP contribution in [0.5, 0.6) is 5.75 Å². The van der Waals surface area contributed by atoms with Crippen molar-refractivity contribution in [3.05, 3.63) is 42.6 Å². The van der Waals surface area contributed by atoms with Gasteiger partial charge in [-0.15, -0.1) is 5.10 Å². The van der Waals surface area contributed by atoms with Crippen LogP contribution in [0.4, 0.5) is 11.5 Å². The van der Waals surface area contributed by atoms with E-state index in [4.69, 9.17) is 4.74 Å². The lowest BCUT2D eigenvalue weighted by Crippen LogP contribution is -2.51. The number of hydrogen-bond acceptors (Lipinski definition) is 6. The normalized spacial score (nSPS) is 17.4. The SMILES string of the molecule is CCC(C)(C)C(=O)N1CCC(Oc2ccc(N(C(=O)C3CNC3)c3cccnn3)cc2)CC1. The minimum Gasteiger partial charge on any atom is -0.490 e. The molecule has 0 aliphatic carbocycles. The highest BCUT2D eigenvalue weighted by molar-refractivity contribution is 6.01. The lowest BCUT2D eigenvalue weighted by molar-refractivity contribution is -0.142. The van der Waals surface area contributed by atoms with Crippen LogP contribution in [0.25, 0.3) is 0 Å². The number of benzene rings is 1. The zero-order valence-corrected chi connectivity index (χ0v) is 19.7. The van der Waals surface area contributed by atoms with E-state index in [-0.39, 0.29) is 29.3 Å². The van der Waals surface area contributed by atoms with E-state index in [9.17, 15) is 9.59 Å². The first kappa shape index (κ1) is 23.2. The second-order valence-corrected chi connectivity index (χ2v) is 9.45. The fourth-order valence-corrected chi connectivity index (χ4v) is 4.05. The second-order valence-electron chi connectivity index (χ2n) is 9.45.